The average Bonchev–Trinajstić information content (AvgIpc) is 2.15. The number of aliphatic hydroxyl groups excluding tert-OH is 3. The average molecular weight is 206 g/mol. The van der Waals surface area contributed by atoms with Crippen LogP contribution in [0.25, 0.3) is 0 Å². The molecule has 5 nitrogen and oxygen atoms in total. The van der Waals surface area contributed by atoms with Crippen molar-refractivity contribution in [1.29, 1.82) is 0 Å². The highest BCUT2D eigenvalue weighted by molar-refractivity contribution is 4.87. The smallest absolute Gasteiger partial charge is 0.160 e. The second kappa shape index (κ2) is 5.04. The molecule has 3 N–H and O–H groups in total. The van der Waals surface area contributed by atoms with E-state index in [4.69, 9.17) is 9.47 Å². The maximum atomic E-state index is 9.66. The van der Waals surface area contributed by atoms with E-state index in [1.165, 1.54) is 7.11 Å². The van der Waals surface area contributed by atoms with Crippen LogP contribution in [0.3, 0.4) is 0 Å². The van der Waals surface area contributed by atoms with Gasteiger partial charge in [-0.25, -0.2) is 0 Å². The van der Waals surface area contributed by atoms with E-state index in [1.807, 2.05) is 6.92 Å². The van der Waals surface area contributed by atoms with E-state index < -0.39 is 30.5 Å². The third-order valence-corrected chi connectivity index (χ3v) is 2.65. The molecule has 5 atom stereocenters. The predicted octanol–water partition coefficient (Wildman–Crippen LogP) is -0.902. The number of aliphatic hydroxyl groups is 3. The summed E-state index contributed by atoms with van der Waals surface area (Å²) in [6.45, 7) is 1.98. The fraction of sp³-hybridized carbons (Fsp3) is 1.00. The Kier molecular flexibility index (Phi) is 4.28. The van der Waals surface area contributed by atoms with Gasteiger partial charge in [0.2, 0.25) is 0 Å². The summed E-state index contributed by atoms with van der Waals surface area (Å²) >= 11 is 0. The van der Waals surface area contributed by atoms with Gasteiger partial charge in [0.1, 0.15) is 12.2 Å². The van der Waals surface area contributed by atoms with Crippen LogP contribution in [0.5, 0.6) is 0 Å². The Labute approximate surface area is 83.3 Å². The van der Waals surface area contributed by atoms with Crippen molar-refractivity contribution >= 4 is 0 Å². The highest BCUT2D eigenvalue weighted by Gasteiger charge is 2.42. The molecule has 0 amide bonds. The zero-order valence-corrected chi connectivity index (χ0v) is 8.46. The molecule has 0 aromatic carbocycles. The molecule has 0 saturated carbocycles. The summed E-state index contributed by atoms with van der Waals surface area (Å²) in [6, 6.07) is 0. The first-order valence-electron chi connectivity index (χ1n) is 4.80. The molecular formula is C9H18O5. The predicted molar refractivity (Wildman–Crippen MR) is 48.6 cm³/mol. The van der Waals surface area contributed by atoms with Gasteiger partial charge in [0.25, 0.3) is 0 Å². The Bertz CT molecular complexity index is 173. The normalized spacial score (nSPS) is 43.9. The molecule has 1 fully saturated rings. The van der Waals surface area contributed by atoms with Crippen LogP contribution < -0.4 is 0 Å². The minimum absolute atomic E-state index is 0.158. The fourth-order valence-electron chi connectivity index (χ4n) is 1.75. The van der Waals surface area contributed by atoms with Gasteiger partial charge in [-0.15, -0.1) is 0 Å². The van der Waals surface area contributed by atoms with Gasteiger partial charge in [-0.1, -0.05) is 6.92 Å². The number of rotatable bonds is 3. The monoisotopic (exact) mass is 206 g/mol. The minimum atomic E-state index is -1.03. The summed E-state index contributed by atoms with van der Waals surface area (Å²) in [5.74, 6) is -0.432. The summed E-state index contributed by atoms with van der Waals surface area (Å²) in [4.78, 5) is 0. The first-order chi connectivity index (χ1) is 6.61. The molecule has 1 rings (SSSR count). The Morgan fingerprint density at radius 1 is 1.21 bits per heavy atom. The van der Waals surface area contributed by atoms with Crippen LogP contribution in [0.2, 0.25) is 0 Å². The lowest BCUT2D eigenvalue weighted by Crippen LogP contribution is -2.55. The Morgan fingerprint density at radius 3 is 2.36 bits per heavy atom. The second-order valence-electron chi connectivity index (χ2n) is 3.57. The zero-order chi connectivity index (χ0) is 10.7. The lowest BCUT2D eigenvalue weighted by atomic mass is 9.89. The second-order valence-corrected chi connectivity index (χ2v) is 3.57. The van der Waals surface area contributed by atoms with Gasteiger partial charge in [0.15, 0.2) is 6.29 Å². The lowest BCUT2D eigenvalue weighted by Gasteiger charge is -2.40. The van der Waals surface area contributed by atoms with E-state index in [1.54, 1.807) is 0 Å². The summed E-state index contributed by atoms with van der Waals surface area (Å²) in [6.07, 6.45) is -3.09. The van der Waals surface area contributed by atoms with E-state index in [-0.39, 0.29) is 6.61 Å². The SMILES string of the molecule is CCC1C(O)OC(COC)C(O)C1O. The first-order valence-corrected chi connectivity index (χ1v) is 4.80. The number of hydrogen-bond donors (Lipinski definition) is 3. The van der Waals surface area contributed by atoms with Crippen molar-refractivity contribution in [3.05, 3.63) is 0 Å². The van der Waals surface area contributed by atoms with Crippen LogP contribution >= 0.6 is 0 Å². The molecule has 1 aliphatic rings. The van der Waals surface area contributed by atoms with Gasteiger partial charge < -0.3 is 24.8 Å². The molecule has 0 aromatic heterocycles. The molecule has 0 aliphatic carbocycles. The van der Waals surface area contributed by atoms with Gasteiger partial charge in [-0.2, -0.15) is 0 Å². The molecular weight excluding hydrogens is 188 g/mol. The third kappa shape index (κ3) is 2.24. The Balaban J connectivity index is 2.62. The van der Waals surface area contributed by atoms with E-state index >= 15 is 0 Å². The molecule has 5 heteroatoms. The minimum Gasteiger partial charge on any atom is -0.390 e. The highest BCUT2D eigenvalue weighted by atomic mass is 16.6. The fourth-order valence-corrected chi connectivity index (χ4v) is 1.75. The van der Waals surface area contributed by atoms with Crippen molar-refractivity contribution in [2.24, 2.45) is 5.92 Å². The highest BCUT2D eigenvalue weighted by Crippen LogP contribution is 2.27. The van der Waals surface area contributed by atoms with Crippen molar-refractivity contribution < 1.29 is 24.8 Å². The first kappa shape index (κ1) is 11.9. The third-order valence-electron chi connectivity index (χ3n) is 2.65. The van der Waals surface area contributed by atoms with Gasteiger partial charge in [-0.3, -0.25) is 0 Å². The van der Waals surface area contributed by atoms with Crippen LogP contribution in [0.4, 0.5) is 0 Å². The number of hydrogen-bond acceptors (Lipinski definition) is 5. The van der Waals surface area contributed by atoms with E-state index in [0.717, 1.165) is 0 Å². The summed E-state index contributed by atoms with van der Waals surface area (Å²) in [5, 5.41) is 28.8. The molecule has 1 aliphatic heterocycles. The molecule has 5 unspecified atom stereocenters. The van der Waals surface area contributed by atoms with Crippen molar-refractivity contribution in [3.63, 3.8) is 0 Å². The van der Waals surface area contributed by atoms with Crippen molar-refractivity contribution in [2.75, 3.05) is 13.7 Å². The number of ether oxygens (including phenoxy) is 2. The van der Waals surface area contributed by atoms with Crippen molar-refractivity contribution in [3.8, 4) is 0 Å². The van der Waals surface area contributed by atoms with Crippen LogP contribution in [0.15, 0.2) is 0 Å². The molecule has 0 radical (unpaired) electrons. The van der Waals surface area contributed by atoms with Crippen LogP contribution in [-0.4, -0.2) is 53.6 Å². The topological polar surface area (TPSA) is 79.2 Å². The largest absolute Gasteiger partial charge is 0.390 e. The number of methoxy groups -OCH3 is 1. The molecule has 0 aromatic rings. The lowest BCUT2D eigenvalue weighted by molar-refractivity contribution is -0.271. The molecule has 0 spiro atoms. The quantitative estimate of drug-likeness (QED) is 0.557. The summed E-state index contributed by atoms with van der Waals surface area (Å²) in [7, 11) is 1.47. The molecule has 1 saturated heterocycles. The maximum Gasteiger partial charge on any atom is 0.160 e. The van der Waals surface area contributed by atoms with Gasteiger partial charge >= 0.3 is 0 Å². The van der Waals surface area contributed by atoms with E-state index in [0.29, 0.717) is 6.42 Å². The van der Waals surface area contributed by atoms with Gasteiger partial charge in [-0.05, 0) is 6.42 Å². The summed E-state index contributed by atoms with van der Waals surface area (Å²) in [5.41, 5.74) is 0. The standard InChI is InChI=1S/C9H18O5/c1-3-5-7(10)8(11)6(4-13-2)14-9(5)12/h5-12H,3-4H2,1-2H3. The summed E-state index contributed by atoms with van der Waals surface area (Å²) < 4.78 is 9.94. The van der Waals surface area contributed by atoms with Crippen molar-refractivity contribution in [2.45, 2.75) is 37.9 Å². The van der Waals surface area contributed by atoms with Crippen molar-refractivity contribution in [1.82, 2.24) is 0 Å². The molecule has 14 heavy (non-hydrogen) atoms. The molecule has 0 bridgehead atoms. The van der Waals surface area contributed by atoms with Crippen LogP contribution in [0, 0.1) is 5.92 Å². The zero-order valence-electron chi connectivity index (χ0n) is 8.46. The van der Waals surface area contributed by atoms with Crippen LogP contribution in [-0.2, 0) is 9.47 Å². The molecule has 84 valence electrons. The Morgan fingerprint density at radius 2 is 1.86 bits per heavy atom. The van der Waals surface area contributed by atoms with Gasteiger partial charge in [0, 0.05) is 13.0 Å². The van der Waals surface area contributed by atoms with E-state index in [9.17, 15) is 15.3 Å². The maximum absolute atomic E-state index is 9.66. The van der Waals surface area contributed by atoms with Gasteiger partial charge in [0.05, 0.1) is 12.7 Å². The van der Waals surface area contributed by atoms with Crippen LogP contribution in [0.1, 0.15) is 13.3 Å². The molecule has 1 heterocycles. The Hall–Kier alpha value is -0.200. The van der Waals surface area contributed by atoms with E-state index in [2.05, 4.69) is 0 Å².